The number of aryl methyl sites for hydroxylation is 2. The van der Waals surface area contributed by atoms with Gasteiger partial charge >= 0.3 is 0 Å². The van der Waals surface area contributed by atoms with Crippen LogP contribution in [-0.4, -0.2) is 15.8 Å². The average molecular weight is 269 g/mol. The minimum absolute atomic E-state index is 0.0604. The van der Waals surface area contributed by atoms with Crippen LogP contribution in [-0.2, 0) is 6.54 Å². The normalized spacial score (nSPS) is 14.3. The molecule has 4 heteroatoms. The fraction of sp³-hybridized carbons (Fsp3) is 0.375. The largest absolute Gasteiger partial charge is 0.381 e. The predicted molar refractivity (Wildman–Crippen MR) is 80.2 cm³/mol. The van der Waals surface area contributed by atoms with E-state index in [-0.39, 0.29) is 5.56 Å². The molecule has 0 spiro atoms. The lowest BCUT2D eigenvalue weighted by atomic mass is 10.1. The molecule has 0 unspecified atom stereocenters. The van der Waals surface area contributed by atoms with Gasteiger partial charge in [0.1, 0.15) is 0 Å². The van der Waals surface area contributed by atoms with Crippen LogP contribution >= 0.6 is 0 Å². The molecule has 1 aliphatic carbocycles. The van der Waals surface area contributed by atoms with Gasteiger partial charge in [-0.2, -0.15) is 5.10 Å². The number of hydrogen-bond donors (Lipinski definition) is 1. The summed E-state index contributed by atoms with van der Waals surface area (Å²) in [6.45, 7) is 4.65. The van der Waals surface area contributed by atoms with Crippen molar-refractivity contribution in [3.05, 3.63) is 57.5 Å². The molecule has 1 heterocycles. The van der Waals surface area contributed by atoms with E-state index in [9.17, 15) is 4.79 Å². The molecule has 20 heavy (non-hydrogen) atoms. The van der Waals surface area contributed by atoms with E-state index in [0.29, 0.717) is 12.6 Å². The maximum absolute atomic E-state index is 12.1. The lowest BCUT2D eigenvalue weighted by Crippen LogP contribution is -2.23. The zero-order valence-electron chi connectivity index (χ0n) is 11.9. The Morgan fingerprint density at radius 1 is 1.20 bits per heavy atom. The monoisotopic (exact) mass is 269 g/mol. The number of benzene rings is 1. The highest BCUT2D eigenvalue weighted by Crippen LogP contribution is 2.23. The summed E-state index contributed by atoms with van der Waals surface area (Å²) in [5.74, 6) is 0. The second-order valence-corrected chi connectivity index (χ2v) is 5.65. The van der Waals surface area contributed by atoms with Crippen molar-refractivity contribution < 1.29 is 0 Å². The van der Waals surface area contributed by atoms with Crippen LogP contribution < -0.4 is 10.9 Å². The van der Waals surface area contributed by atoms with Crippen molar-refractivity contribution in [2.75, 3.05) is 5.32 Å². The molecular weight excluding hydrogens is 250 g/mol. The van der Waals surface area contributed by atoms with E-state index >= 15 is 0 Å². The quantitative estimate of drug-likeness (QED) is 0.927. The van der Waals surface area contributed by atoms with Crippen molar-refractivity contribution in [1.82, 2.24) is 9.78 Å². The molecule has 1 aromatic heterocycles. The molecule has 1 fully saturated rings. The molecule has 1 saturated carbocycles. The fourth-order valence-electron chi connectivity index (χ4n) is 2.43. The van der Waals surface area contributed by atoms with E-state index < -0.39 is 0 Å². The van der Waals surface area contributed by atoms with Gasteiger partial charge in [0, 0.05) is 12.1 Å². The van der Waals surface area contributed by atoms with Crippen LogP contribution in [0.5, 0.6) is 0 Å². The van der Waals surface area contributed by atoms with Gasteiger partial charge in [-0.05, 0) is 32.3 Å². The van der Waals surface area contributed by atoms with E-state index in [4.69, 9.17) is 0 Å². The Morgan fingerprint density at radius 2 is 1.90 bits per heavy atom. The molecule has 4 nitrogen and oxygen atoms in total. The molecule has 3 rings (SSSR count). The minimum atomic E-state index is -0.0604. The molecule has 0 radical (unpaired) electrons. The Morgan fingerprint density at radius 3 is 2.50 bits per heavy atom. The summed E-state index contributed by atoms with van der Waals surface area (Å²) in [5, 5.41) is 7.55. The SMILES string of the molecule is Cc1cc(C)cc(Cn2ncc(NC3CC3)cc2=O)c1. The van der Waals surface area contributed by atoms with Gasteiger partial charge in [-0.15, -0.1) is 0 Å². The summed E-state index contributed by atoms with van der Waals surface area (Å²) in [4.78, 5) is 12.1. The Labute approximate surface area is 118 Å². The van der Waals surface area contributed by atoms with Crippen LogP contribution in [0.1, 0.15) is 29.5 Å². The average Bonchev–Trinajstić information content (AvgIpc) is 3.15. The van der Waals surface area contributed by atoms with E-state index in [1.54, 1.807) is 12.3 Å². The first kappa shape index (κ1) is 12.9. The molecule has 1 aliphatic rings. The van der Waals surface area contributed by atoms with Gasteiger partial charge in [0.25, 0.3) is 5.56 Å². The summed E-state index contributed by atoms with van der Waals surface area (Å²) in [6.07, 6.45) is 4.11. The van der Waals surface area contributed by atoms with Crippen LogP contribution in [0.25, 0.3) is 0 Å². The molecule has 1 N–H and O–H groups in total. The number of nitrogens with one attached hydrogen (secondary N) is 1. The summed E-state index contributed by atoms with van der Waals surface area (Å²) < 4.78 is 1.51. The maximum Gasteiger partial charge on any atom is 0.269 e. The van der Waals surface area contributed by atoms with Crippen LogP contribution in [0, 0.1) is 13.8 Å². The van der Waals surface area contributed by atoms with E-state index in [2.05, 4.69) is 42.5 Å². The van der Waals surface area contributed by atoms with Gasteiger partial charge in [0.05, 0.1) is 18.4 Å². The summed E-state index contributed by atoms with van der Waals surface area (Å²) in [6, 6.07) is 8.48. The Balaban J connectivity index is 1.81. The highest BCUT2D eigenvalue weighted by molar-refractivity contribution is 5.41. The highest BCUT2D eigenvalue weighted by Gasteiger charge is 2.21. The van der Waals surface area contributed by atoms with Crippen LogP contribution in [0.3, 0.4) is 0 Å². The lowest BCUT2D eigenvalue weighted by molar-refractivity contribution is 0.639. The van der Waals surface area contributed by atoms with E-state index in [1.165, 1.54) is 28.7 Å². The van der Waals surface area contributed by atoms with Gasteiger partial charge in [-0.1, -0.05) is 29.3 Å². The fourth-order valence-corrected chi connectivity index (χ4v) is 2.43. The predicted octanol–water partition coefficient (Wildman–Crippen LogP) is 2.48. The summed E-state index contributed by atoms with van der Waals surface area (Å²) in [7, 11) is 0. The van der Waals surface area contributed by atoms with Crippen molar-refractivity contribution in [1.29, 1.82) is 0 Å². The second-order valence-electron chi connectivity index (χ2n) is 5.65. The highest BCUT2D eigenvalue weighted by atomic mass is 16.1. The van der Waals surface area contributed by atoms with Gasteiger partial charge in [0.15, 0.2) is 0 Å². The standard InChI is InChI=1S/C16H19N3O/c1-11-5-12(2)7-13(6-11)10-19-16(20)8-15(9-17-19)18-14-3-4-14/h5-9,14,18H,3-4,10H2,1-2H3. The van der Waals surface area contributed by atoms with Crippen molar-refractivity contribution >= 4 is 5.69 Å². The van der Waals surface area contributed by atoms with E-state index in [0.717, 1.165) is 11.3 Å². The van der Waals surface area contributed by atoms with Crippen LogP contribution in [0.4, 0.5) is 5.69 Å². The van der Waals surface area contributed by atoms with Gasteiger partial charge in [0.2, 0.25) is 0 Å². The first-order valence-electron chi connectivity index (χ1n) is 7.01. The number of aromatic nitrogens is 2. The van der Waals surface area contributed by atoms with Crippen LogP contribution in [0.15, 0.2) is 35.3 Å². The molecule has 0 aliphatic heterocycles. The van der Waals surface area contributed by atoms with Gasteiger partial charge in [-0.3, -0.25) is 4.79 Å². The molecule has 0 bridgehead atoms. The molecular formula is C16H19N3O. The second kappa shape index (κ2) is 5.12. The third kappa shape index (κ3) is 3.07. The Hall–Kier alpha value is -2.10. The van der Waals surface area contributed by atoms with E-state index in [1.807, 2.05) is 0 Å². The zero-order chi connectivity index (χ0) is 14.1. The summed E-state index contributed by atoms with van der Waals surface area (Å²) >= 11 is 0. The maximum atomic E-state index is 12.1. The topological polar surface area (TPSA) is 46.9 Å². The molecule has 104 valence electrons. The Kier molecular flexibility index (Phi) is 3.30. The number of anilines is 1. The third-order valence-corrected chi connectivity index (χ3v) is 3.43. The number of nitrogens with zero attached hydrogens (tertiary/aromatic N) is 2. The molecule has 2 aromatic rings. The smallest absolute Gasteiger partial charge is 0.269 e. The van der Waals surface area contributed by atoms with Crippen molar-refractivity contribution in [3.8, 4) is 0 Å². The minimum Gasteiger partial charge on any atom is -0.381 e. The number of hydrogen-bond acceptors (Lipinski definition) is 3. The lowest BCUT2D eigenvalue weighted by Gasteiger charge is -2.08. The first-order chi connectivity index (χ1) is 9.60. The van der Waals surface area contributed by atoms with Gasteiger partial charge < -0.3 is 5.32 Å². The zero-order valence-corrected chi connectivity index (χ0v) is 11.9. The van der Waals surface area contributed by atoms with Crippen molar-refractivity contribution in [3.63, 3.8) is 0 Å². The summed E-state index contributed by atoms with van der Waals surface area (Å²) in [5.41, 5.74) is 4.30. The molecule has 1 aromatic carbocycles. The Bertz CT molecular complexity index is 666. The van der Waals surface area contributed by atoms with Gasteiger partial charge in [-0.25, -0.2) is 4.68 Å². The third-order valence-electron chi connectivity index (χ3n) is 3.43. The number of rotatable bonds is 4. The molecule has 0 saturated heterocycles. The first-order valence-corrected chi connectivity index (χ1v) is 7.01. The van der Waals surface area contributed by atoms with Crippen LogP contribution in [0.2, 0.25) is 0 Å². The molecule has 0 amide bonds. The van der Waals surface area contributed by atoms with Crippen molar-refractivity contribution in [2.45, 2.75) is 39.3 Å². The molecule has 0 atom stereocenters. The van der Waals surface area contributed by atoms with Crippen molar-refractivity contribution in [2.24, 2.45) is 0 Å².